The Bertz CT molecular complexity index is 1080. The zero-order valence-electron chi connectivity index (χ0n) is 16.0. The molecule has 1 aliphatic rings. The Hall–Kier alpha value is -3.72. The van der Waals surface area contributed by atoms with Gasteiger partial charge in [0.1, 0.15) is 5.76 Å². The molecule has 0 aromatic heterocycles. The van der Waals surface area contributed by atoms with Crippen LogP contribution in [0.15, 0.2) is 54.1 Å². The Morgan fingerprint density at radius 3 is 2.23 bits per heavy atom. The van der Waals surface area contributed by atoms with Gasteiger partial charge in [-0.15, -0.1) is 0 Å². The Labute approximate surface area is 181 Å². The first-order valence-corrected chi connectivity index (χ1v) is 9.59. The van der Waals surface area contributed by atoms with E-state index < -0.39 is 34.4 Å². The number of carboxylic acids is 1. The minimum absolute atomic E-state index is 0.0127. The van der Waals surface area contributed by atoms with Crippen molar-refractivity contribution < 1.29 is 29.5 Å². The molecule has 1 fully saturated rings. The van der Waals surface area contributed by atoms with Crippen molar-refractivity contribution in [1.82, 2.24) is 4.90 Å². The van der Waals surface area contributed by atoms with Gasteiger partial charge < -0.3 is 15.1 Å². The first-order chi connectivity index (χ1) is 14.7. The smallest absolute Gasteiger partial charge is 0.303 e. The second kappa shape index (κ2) is 8.97. The first kappa shape index (κ1) is 22.0. The number of ketones is 1. The molecule has 1 amide bonds. The molecule has 0 unspecified atom stereocenters. The lowest BCUT2D eigenvalue weighted by Crippen LogP contribution is -2.31. The van der Waals surface area contributed by atoms with E-state index in [9.17, 15) is 29.6 Å². The van der Waals surface area contributed by atoms with E-state index in [1.165, 1.54) is 29.2 Å². The zero-order chi connectivity index (χ0) is 22.7. The summed E-state index contributed by atoms with van der Waals surface area (Å²) < 4.78 is 0. The fourth-order valence-corrected chi connectivity index (χ4v) is 3.53. The number of carbonyl (C=O) groups excluding carboxylic acids is 2. The largest absolute Gasteiger partial charge is 0.507 e. The van der Waals surface area contributed by atoms with Crippen LogP contribution < -0.4 is 0 Å². The second-order valence-corrected chi connectivity index (χ2v) is 7.28. The highest BCUT2D eigenvalue weighted by Crippen LogP contribution is 2.40. The average Bonchev–Trinajstić information content (AvgIpc) is 2.98. The molecule has 9 nitrogen and oxygen atoms in total. The van der Waals surface area contributed by atoms with E-state index in [0.29, 0.717) is 10.6 Å². The summed E-state index contributed by atoms with van der Waals surface area (Å²) in [6.45, 7) is -0.0127. The number of aliphatic hydroxyl groups is 1. The van der Waals surface area contributed by atoms with Crippen LogP contribution in [0.5, 0.6) is 0 Å². The number of amides is 1. The van der Waals surface area contributed by atoms with Gasteiger partial charge in [-0.05, 0) is 36.2 Å². The third-order valence-corrected chi connectivity index (χ3v) is 5.12. The summed E-state index contributed by atoms with van der Waals surface area (Å²) in [6, 6.07) is 10.3. The molecule has 2 N–H and O–H groups in total. The van der Waals surface area contributed by atoms with Gasteiger partial charge in [0.05, 0.1) is 16.5 Å². The predicted octanol–water partition coefficient (Wildman–Crippen LogP) is 3.53. The van der Waals surface area contributed by atoms with Gasteiger partial charge in [0.25, 0.3) is 17.4 Å². The van der Waals surface area contributed by atoms with E-state index in [1.54, 1.807) is 24.3 Å². The van der Waals surface area contributed by atoms with E-state index >= 15 is 0 Å². The number of aliphatic carboxylic acids is 1. The standard InChI is InChI=1S/C21H17ClN2O7/c22-14-7-3-12(4-8-14)18-17(19(27)13-5-9-15(10-6-13)24(30)31)20(28)21(29)23(18)11-1-2-16(25)26/h3-10,18,27H,1-2,11H2,(H,25,26)/b19-17+/t18-/m0/s1. The van der Waals surface area contributed by atoms with Crippen molar-refractivity contribution in [2.75, 3.05) is 6.54 Å². The molecule has 0 radical (unpaired) electrons. The lowest BCUT2D eigenvalue weighted by Gasteiger charge is -2.25. The summed E-state index contributed by atoms with van der Waals surface area (Å²) in [7, 11) is 0. The van der Waals surface area contributed by atoms with Gasteiger partial charge in [-0.2, -0.15) is 0 Å². The molecule has 160 valence electrons. The van der Waals surface area contributed by atoms with Gasteiger partial charge in [-0.25, -0.2) is 0 Å². The maximum Gasteiger partial charge on any atom is 0.303 e. The number of nitrogens with zero attached hydrogens (tertiary/aromatic N) is 2. The lowest BCUT2D eigenvalue weighted by atomic mass is 9.95. The fraction of sp³-hybridized carbons (Fsp3) is 0.190. The number of halogens is 1. The molecule has 3 rings (SSSR count). The number of carbonyl (C=O) groups is 3. The number of hydrogen-bond donors (Lipinski definition) is 2. The predicted molar refractivity (Wildman–Crippen MR) is 110 cm³/mol. The van der Waals surface area contributed by atoms with E-state index in [-0.39, 0.29) is 36.2 Å². The van der Waals surface area contributed by atoms with Crippen molar-refractivity contribution in [2.24, 2.45) is 0 Å². The first-order valence-electron chi connectivity index (χ1n) is 9.21. The number of Topliss-reactive ketones (excluding diaryl/α,β-unsaturated/α-hetero) is 1. The SMILES string of the molecule is O=C(O)CCCN1C(=O)C(=O)/C(=C(/O)c2ccc([N+](=O)[O-])cc2)[C@@H]1c1ccc(Cl)cc1. The highest BCUT2D eigenvalue weighted by atomic mass is 35.5. The van der Waals surface area contributed by atoms with Gasteiger partial charge in [0.2, 0.25) is 0 Å². The minimum Gasteiger partial charge on any atom is -0.507 e. The summed E-state index contributed by atoms with van der Waals surface area (Å²) >= 11 is 5.94. The van der Waals surface area contributed by atoms with Crippen molar-refractivity contribution in [2.45, 2.75) is 18.9 Å². The highest BCUT2D eigenvalue weighted by Gasteiger charge is 2.45. The number of nitro groups is 1. The van der Waals surface area contributed by atoms with Crippen LogP contribution in [0.3, 0.4) is 0 Å². The van der Waals surface area contributed by atoms with E-state index in [2.05, 4.69) is 0 Å². The number of carboxylic acid groups (broad SMARTS) is 1. The number of non-ortho nitro benzene ring substituents is 1. The van der Waals surface area contributed by atoms with Crippen LogP contribution in [-0.4, -0.2) is 44.2 Å². The van der Waals surface area contributed by atoms with Gasteiger partial charge in [0.15, 0.2) is 0 Å². The van der Waals surface area contributed by atoms with Crippen LogP contribution in [0, 0.1) is 10.1 Å². The molecular formula is C21H17ClN2O7. The molecule has 10 heteroatoms. The summed E-state index contributed by atoms with van der Waals surface area (Å²) in [5.74, 6) is -3.31. The van der Waals surface area contributed by atoms with Gasteiger partial charge >= 0.3 is 5.97 Å². The van der Waals surface area contributed by atoms with Crippen molar-refractivity contribution in [3.63, 3.8) is 0 Å². The summed E-state index contributed by atoms with van der Waals surface area (Å²) in [5.41, 5.74) is 0.256. The monoisotopic (exact) mass is 444 g/mol. The van der Waals surface area contributed by atoms with E-state index in [1.807, 2.05) is 0 Å². The molecule has 0 saturated carbocycles. The molecular weight excluding hydrogens is 428 g/mol. The topological polar surface area (TPSA) is 138 Å². The van der Waals surface area contributed by atoms with Gasteiger partial charge in [-0.1, -0.05) is 23.7 Å². The maximum atomic E-state index is 12.8. The Balaban J connectivity index is 2.08. The van der Waals surface area contributed by atoms with Crippen molar-refractivity contribution in [3.05, 3.63) is 80.4 Å². The third-order valence-electron chi connectivity index (χ3n) is 4.87. The molecule has 0 aliphatic carbocycles. The number of rotatable bonds is 7. The molecule has 31 heavy (non-hydrogen) atoms. The Morgan fingerprint density at radius 1 is 1.06 bits per heavy atom. The van der Waals surface area contributed by atoms with E-state index in [4.69, 9.17) is 16.7 Å². The van der Waals surface area contributed by atoms with Crippen LogP contribution in [0.1, 0.15) is 30.0 Å². The van der Waals surface area contributed by atoms with Crippen molar-refractivity contribution in [3.8, 4) is 0 Å². The van der Waals surface area contributed by atoms with Crippen molar-refractivity contribution >= 4 is 40.7 Å². The van der Waals surface area contributed by atoms with E-state index in [0.717, 1.165) is 0 Å². The van der Waals surface area contributed by atoms with Crippen LogP contribution >= 0.6 is 11.6 Å². The number of aliphatic hydroxyl groups excluding tert-OH is 1. The quantitative estimate of drug-likeness (QED) is 0.219. The maximum absolute atomic E-state index is 12.8. The number of benzene rings is 2. The van der Waals surface area contributed by atoms with Gasteiger partial charge in [-0.3, -0.25) is 24.5 Å². The summed E-state index contributed by atoms with van der Waals surface area (Å²) in [4.78, 5) is 47.8. The zero-order valence-corrected chi connectivity index (χ0v) is 16.8. The Kier molecular flexibility index (Phi) is 6.36. The molecule has 0 bridgehead atoms. The average molecular weight is 445 g/mol. The normalized spacial score (nSPS) is 17.7. The summed E-state index contributed by atoms with van der Waals surface area (Å²) in [5, 5.41) is 31.0. The fourth-order valence-electron chi connectivity index (χ4n) is 3.40. The molecule has 1 saturated heterocycles. The molecule has 2 aromatic rings. The minimum atomic E-state index is -1.04. The number of likely N-dealkylation sites (tertiary alicyclic amines) is 1. The molecule has 2 aromatic carbocycles. The molecule has 1 heterocycles. The second-order valence-electron chi connectivity index (χ2n) is 6.85. The molecule has 1 atom stereocenters. The Morgan fingerprint density at radius 2 is 1.68 bits per heavy atom. The van der Waals surface area contributed by atoms with Crippen LogP contribution in [0.2, 0.25) is 5.02 Å². The number of nitro benzene ring substituents is 1. The van der Waals surface area contributed by atoms with Crippen LogP contribution in [0.4, 0.5) is 5.69 Å². The third kappa shape index (κ3) is 4.56. The van der Waals surface area contributed by atoms with Crippen LogP contribution in [0.25, 0.3) is 5.76 Å². The summed E-state index contributed by atoms with van der Waals surface area (Å²) in [6.07, 6.45) is -0.0806. The van der Waals surface area contributed by atoms with Gasteiger partial charge in [0, 0.05) is 35.7 Å². The lowest BCUT2D eigenvalue weighted by molar-refractivity contribution is -0.384. The molecule has 0 spiro atoms. The number of hydrogen-bond acceptors (Lipinski definition) is 6. The molecule has 1 aliphatic heterocycles. The van der Waals surface area contributed by atoms with Crippen molar-refractivity contribution in [1.29, 1.82) is 0 Å². The highest BCUT2D eigenvalue weighted by molar-refractivity contribution is 6.46. The van der Waals surface area contributed by atoms with Crippen LogP contribution in [-0.2, 0) is 14.4 Å².